The van der Waals surface area contributed by atoms with Gasteiger partial charge in [0.1, 0.15) is 12.4 Å². The Balaban J connectivity index is 1.57. The van der Waals surface area contributed by atoms with Crippen molar-refractivity contribution in [1.82, 2.24) is 10.2 Å². The standard InChI is InChI=1S/C16H14BrN3O3/c17-11-2-5-13(6-3-11)23-9-15(21)16(22)19-12-4-1-10-8-18-20-14(10)7-12/h1-8,15,21H,9H2,(H,18,20)(H,19,22)/t15-/m1/s1. The van der Waals surface area contributed by atoms with Gasteiger partial charge in [-0.3, -0.25) is 9.89 Å². The zero-order valence-corrected chi connectivity index (χ0v) is 13.6. The number of fused-ring (bicyclic) bond motifs is 1. The monoisotopic (exact) mass is 375 g/mol. The summed E-state index contributed by atoms with van der Waals surface area (Å²) in [5.41, 5.74) is 1.39. The summed E-state index contributed by atoms with van der Waals surface area (Å²) in [5, 5.41) is 20.2. The van der Waals surface area contributed by atoms with E-state index in [4.69, 9.17) is 4.74 Å². The van der Waals surface area contributed by atoms with Crippen LogP contribution in [-0.2, 0) is 4.79 Å². The number of aliphatic hydroxyl groups is 1. The summed E-state index contributed by atoms with van der Waals surface area (Å²) in [4.78, 5) is 12.0. The second-order valence-corrected chi connectivity index (χ2v) is 5.86. The SMILES string of the molecule is O=C(Nc1ccc2cn[nH]c2c1)[C@H](O)COc1ccc(Br)cc1. The number of hydrogen-bond donors (Lipinski definition) is 3. The first-order valence-corrected chi connectivity index (χ1v) is 7.71. The molecule has 0 radical (unpaired) electrons. The fraction of sp³-hybridized carbons (Fsp3) is 0.125. The minimum atomic E-state index is -1.27. The van der Waals surface area contributed by atoms with Crippen LogP contribution in [-0.4, -0.2) is 33.9 Å². The highest BCUT2D eigenvalue weighted by Crippen LogP contribution is 2.18. The molecule has 0 spiro atoms. The number of ether oxygens (including phenoxy) is 1. The maximum absolute atomic E-state index is 12.0. The highest BCUT2D eigenvalue weighted by molar-refractivity contribution is 9.10. The fourth-order valence-corrected chi connectivity index (χ4v) is 2.29. The Morgan fingerprint density at radius 1 is 1.30 bits per heavy atom. The van der Waals surface area contributed by atoms with E-state index in [1.807, 2.05) is 18.2 Å². The van der Waals surface area contributed by atoms with Crippen LogP contribution in [0.5, 0.6) is 5.75 Å². The lowest BCUT2D eigenvalue weighted by molar-refractivity contribution is -0.125. The van der Waals surface area contributed by atoms with E-state index in [2.05, 4.69) is 31.4 Å². The first kappa shape index (κ1) is 15.5. The fourth-order valence-electron chi connectivity index (χ4n) is 2.02. The van der Waals surface area contributed by atoms with Gasteiger partial charge in [0.2, 0.25) is 0 Å². The lowest BCUT2D eigenvalue weighted by Gasteiger charge is -2.13. The van der Waals surface area contributed by atoms with Gasteiger partial charge >= 0.3 is 0 Å². The maximum Gasteiger partial charge on any atom is 0.256 e. The van der Waals surface area contributed by atoms with Crippen LogP contribution >= 0.6 is 15.9 Å². The lowest BCUT2D eigenvalue weighted by Crippen LogP contribution is -2.32. The van der Waals surface area contributed by atoms with Crippen LogP contribution in [0.2, 0.25) is 0 Å². The molecule has 0 bridgehead atoms. The summed E-state index contributed by atoms with van der Waals surface area (Å²) in [6.07, 6.45) is 0.429. The number of H-pyrrole nitrogens is 1. The van der Waals surface area contributed by atoms with Gasteiger partial charge in [-0.1, -0.05) is 15.9 Å². The number of benzene rings is 2. The minimum absolute atomic E-state index is 0.125. The normalized spacial score (nSPS) is 12.1. The highest BCUT2D eigenvalue weighted by atomic mass is 79.9. The molecular formula is C16H14BrN3O3. The number of aliphatic hydroxyl groups excluding tert-OH is 1. The number of anilines is 1. The molecule has 7 heteroatoms. The van der Waals surface area contributed by atoms with Gasteiger partial charge in [-0.2, -0.15) is 5.10 Å². The zero-order chi connectivity index (χ0) is 16.2. The molecule has 118 valence electrons. The molecule has 2 aromatic carbocycles. The van der Waals surface area contributed by atoms with Gasteiger partial charge in [0.15, 0.2) is 6.10 Å². The van der Waals surface area contributed by atoms with Crippen molar-refractivity contribution < 1.29 is 14.6 Å². The van der Waals surface area contributed by atoms with Crippen molar-refractivity contribution in [3.05, 3.63) is 53.1 Å². The molecule has 0 saturated heterocycles. The quantitative estimate of drug-likeness (QED) is 0.639. The number of hydrogen-bond acceptors (Lipinski definition) is 4. The predicted octanol–water partition coefficient (Wildman–Crippen LogP) is 2.70. The van der Waals surface area contributed by atoms with E-state index in [0.717, 1.165) is 15.4 Å². The average molecular weight is 376 g/mol. The van der Waals surface area contributed by atoms with E-state index in [1.54, 1.807) is 30.5 Å². The Hall–Kier alpha value is -2.38. The smallest absolute Gasteiger partial charge is 0.256 e. The number of nitrogens with zero attached hydrogens (tertiary/aromatic N) is 1. The van der Waals surface area contributed by atoms with Crippen molar-refractivity contribution in [2.45, 2.75) is 6.10 Å². The Morgan fingerprint density at radius 3 is 2.87 bits per heavy atom. The number of aromatic nitrogens is 2. The van der Waals surface area contributed by atoms with Crippen LogP contribution in [0.1, 0.15) is 0 Å². The van der Waals surface area contributed by atoms with Gasteiger partial charge < -0.3 is 15.2 Å². The molecule has 23 heavy (non-hydrogen) atoms. The van der Waals surface area contributed by atoms with Crippen LogP contribution in [0.3, 0.4) is 0 Å². The van der Waals surface area contributed by atoms with Crippen LogP contribution in [0.15, 0.2) is 53.1 Å². The number of halogens is 1. The molecule has 3 rings (SSSR count). The van der Waals surface area contributed by atoms with E-state index in [0.29, 0.717) is 11.4 Å². The number of nitrogens with one attached hydrogen (secondary N) is 2. The molecule has 1 atom stereocenters. The molecule has 6 nitrogen and oxygen atoms in total. The number of amides is 1. The second kappa shape index (κ2) is 6.80. The lowest BCUT2D eigenvalue weighted by atomic mass is 10.2. The molecule has 0 saturated carbocycles. The second-order valence-electron chi connectivity index (χ2n) is 4.94. The summed E-state index contributed by atoms with van der Waals surface area (Å²) in [6.45, 7) is -0.125. The van der Waals surface area contributed by atoms with E-state index in [-0.39, 0.29) is 6.61 Å². The van der Waals surface area contributed by atoms with E-state index >= 15 is 0 Å². The molecule has 0 aliphatic carbocycles. The van der Waals surface area contributed by atoms with E-state index in [1.165, 1.54) is 0 Å². The van der Waals surface area contributed by atoms with Gasteiger partial charge in [0.05, 0.1) is 11.7 Å². The molecule has 1 aromatic heterocycles. The van der Waals surface area contributed by atoms with Crippen molar-refractivity contribution in [3.8, 4) is 5.75 Å². The third-order valence-corrected chi connectivity index (χ3v) is 3.76. The number of carbonyl (C=O) groups is 1. The summed E-state index contributed by atoms with van der Waals surface area (Å²) >= 11 is 3.32. The van der Waals surface area contributed by atoms with Crippen molar-refractivity contribution >= 4 is 38.4 Å². The molecular weight excluding hydrogens is 362 g/mol. The Kier molecular flexibility index (Phi) is 4.59. The zero-order valence-electron chi connectivity index (χ0n) is 12.0. The molecule has 1 amide bonds. The third kappa shape index (κ3) is 3.88. The maximum atomic E-state index is 12.0. The summed E-state index contributed by atoms with van der Waals surface area (Å²) in [6, 6.07) is 12.5. The third-order valence-electron chi connectivity index (χ3n) is 3.23. The Morgan fingerprint density at radius 2 is 2.09 bits per heavy atom. The molecule has 3 aromatic rings. The van der Waals surface area contributed by atoms with Gasteiger partial charge in [0.25, 0.3) is 5.91 Å². The van der Waals surface area contributed by atoms with Crippen LogP contribution in [0, 0.1) is 0 Å². The van der Waals surface area contributed by atoms with E-state index < -0.39 is 12.0 Å². The Labute approximate surface area is 140 Å². The van der Waals surface area contributed by atoms with Crippen LogP contribution in [0.4, 0.5) is 5.69 Å². The van der Waals surface area contributed by atoms with Gasteiger partial charge in [-0.15, -0.1) is 0 Å². The molecule has 1 heterocycles. The first-order valence-electron chi connectivity index (χ1n) is 6.92. The Bertz CT molecular complexity index is 817. The van der Waals surface area contributed by atoms with Gasteiger partial charge in [0, 0.05) is 15.5 Å². The van der Waals surface area contributed by atoms with Gasteiger partial charge in [-0.25, -0.2) is 0 Å². The van der Waals surface area contributed by atoms with Crippen molar-refractivity contribution in [2.24, 2.45) is 0 Å². The summed E-state index contributed by atoms with van der Waals surface area (Å²) < 4.78 is 6.32. The van der Waals surface area contributed by atoms with Crippen molar-refractivity contribution in [3.63, 3.8) is 0 Å². The topological polar surface area (TPSA) is 87.2 Å². The number of rotatable bonds is 5. The molecule has 0 aliphatic heterocycles. The minimum Gasteiger partial charge on any atom is -0.490 e. The van der Waals surface area contributed by atoms with Crippen LogP contribution < -0.4 is 10.1 Å². The molecule has 0 unspecified atom stereocenters. The molecule has 0 aliphatic rings. The largest absolute Gasteiger partial charge is 0.490 e. The average Bonchev–Trinajstić information content (AvgIpc) is 3.01. The highest BCUT2D eigenvalue weighted by Gasteiger charge is 2.16. The number of carbonyl (C=O) groups excluding carboxylic acids is 1. The summed E-state index contributed by atoms with van der Waals surface area (Å²) in [7, 11) is 0. The van der Waals surface area contributed by atoms with Gasteiger partial charge in [-0.05, 0) is 42.5 Å². The molecule has 3 N–H and O–H groups in total. The number of aromatic amines is 1. The first-order chi connectivity index (χ1) is 11.1. The van der Waals surface area contributed by atoms with Crippen molar-refractivity contribution in [2.75, 3.05) is 11.9 Å². The summed E-state index contributed by atoms with van der Waals surface area (Å²) in [5.74, 6) is 0.0555. The van der Waals surface area contributed by atoms with Crippen molar-refractivity contribution in [1.29, 1.82) is 0 Å². The van der Waals surface area contributed by atoms with Crippen LogP contribution in [0.25, 0.3) is 10.9 Å². The molecule has 0 fully saturated rings. The van der Waals surface area contributed by atoms with E-state index in [9.17, 15) is 9.90 Å². The predicted molar refractivity (Wildman–Crippen MR) is 90.4 cm³/mol.